The lowest BCUT2D eigenvalue weighted by atomic mass is 10.1. The zero-order valence-electron chi connectivity index (χ0n) is 15.4. The Kier molecular flexibility index (Phi) is 5.48. The molecule has 0 radical (unpaired) electrons. The van der Waals surface area contributed by atoms with Gasteiger partial charge in [-0.05, 0) is 37.6 Å². The summed E-state index contributed by atoms with van der Waals surface area (Å²) in [6, 6.07) is 6.31. The summed E-state index contributed by atoms with van der Waals surface area (Å²) < 4.78 is 33.7. The zero-order chi connectivity index (χ0) is 20.2. The van der Waals surface area contributed by atoms with E-state index in [0.29, 0.717) is 11.3 Å². The molecular formula is C20H19F2N5O2. The highest BCUT2D eigenvalue weighted by molar-refractivity contribution is 6.03. The summed E-state index contributed by atoms with van der Waals surface area (Å²) in [6.07, 6.45) is 6.76. The van der Waals surface area contributed by atoms with Gasteiger partial charge in [-0.25, -0.2) is 13.8 Å². The van der Waals surface area contributed by atoms with Crippen LogP contribution in [0.25, 0.3) is 0 Å². The molecule has 1 fully saturated rings. The maximum Gasteiger partial charge on any atom is 0.258 e. The number of hydrogen-bond donors (Lipinski definition) is 2. The third-order valence-electron chi connectivity index (χ3n) is 4.61. The molecule has 7 nitrogen and oxygen atoms in total. The highest BCUT2D eigenvalue weighted by Gasteiger charge is 2.17. The predicted molar refractivity (Wildman–Crippen MR) is 102 cm³/mol. The molecular weight excluding hydrogens is 380 g/mol. The molecule has 1 unspecified atom stereocenters. The first-order valence-corrected chi connectivity index (χ1v) is 9.24. The molecule has 0 aliphatic carbocycles. The molecule has 1 aliphatic heterocycles. The minimum Gasteiger partial charge on any atom is -0.436 e. The van der Waals surface area contributed by atoms with E-state index in [2.05, 4.69) is 20.7 Å². The number of anilines is 1. The van der Waals surface area contributed by atoms with Gasteiger partial charge in [-0.3, -0.25) is 9.48 Å². The quantitative estimate of drug-likeness (QED) is 0.686. The van der Waals surface area contributed by atoms with E-state index in [-0.39, 0.29) is 23.6 Å². The molecule has 2 N–H and O–H groups in total. The zero-order valence-corrected chi connectivity index (χ0v) is 15.4. The Morgan fingerprint density at radius 3 is 2.86 bits per heavy atom. The SMILES string of the molecule is O=C(Nc1ccc(Oc2ccc(F)cc2F)nc1)c1cnn(C2CCCNC2)c1. The van der Waals surface area contributed by atoms with Crippen LogP contribution in [0.3, 0.4) is 0 Å². The number of carbonyl (C=O) groups is 1. The van der Waals surface area contributed by atoms with Crippen LogP contribution in [0.1, 0.15) is 29.2 Å². The number of pyridine rings is 1. The van der Waals surface area contributed by atoms with Gasteiger partial charge in [0.2, 0.25) is 5.88 Å². The van der Waals surface area contributed by atoms with E-state index in [1.54, 1.807) is 12.3 Å². The van der Waals surface area contributed by atoms with Crippen molar-refractivity contribution in [3.63, 3.8) is 0 Å². The Morgan fingerprint density at radius 2 is 2.14 bits per heavy atom. The van der Waals surface area contributed by atoms with Crippen molar-refractivity contribution < 1.29 is 18.3 Å². The van der Waals surface area contributed by atoms with Gasteiger partial charge in [0, 0.05) is 24.9 Å². The molecule has 150 valence electrons. The van der Waals surface area contributed by atoms with Crippen LogP contribution in [0.4, 0.5) is 14.5 Å². The molecule has 3 aromatic rings. The van der Waals surface area contributed by atoms with Crippen LogP contribution in [-0.4, -0.2) is 33.8 Å². The van der Waals surface area contributed by atoms with Gasteiger partial charge >= 0.3 is 0 Å². The van der Waals surface area contributed by atoms with Gasteiger partial charge < -0.3 is 15.4 Å². The second-order valence-corrected chi connectivity index (χ2v) is 6.73. The summed E-state index contributed by atoms with van der Waals surface area (Å²) in [5.74, 6) is -1.84. The van der Waals surface area contributed by atoms with Crippen molar-refractivity contribution in [3.05, 3.63) is 66.1 Å². The molecule has 2 aromatic heterocycles. The Balaban J connectivity index is 1.38. The average Bonchev–Trinajstić information content (AvgIpc) is 3.23. The van der Waals surface area contributed by atoms with Crippen LogP contribution in [0, 0.1) is 11.6 Å². The number of nitrogens with one attached hydrogen (secondary N) is 2. The van der Waals surface area contributed by atoms with E-state index < -0.39 is 11.6 Å². The Hall–Kier alpha value is -3.33. The van der Waals surface area contributed by atoms with Gasteiger partial charge in [-0.2, -0.15) is 5.10 Å². The molecule has 3 heterocycles. The highest BCUT2D eigenvalue weighted by Crippen LogP contribution is 2.24. The first-order valence-electron chi connectivity index (χ1n) is 9.24. The standard InChI is InChI=1S/C20H19F2N5O2/c21-14-3-5-18(17(22)8-14)29-19-6-4-15(10-24-19)26-20(28)13-9-25-27(12-13)16-2-1-7-23-11-16/h3-6,8-10,12,16,23H,1-2,7,11H2,(H,26,28). The molecule has 4 rings (SSSR count). The van der Waals surface area contributed by atoms with Gasteiger partial charge in [0.15, 0.2) is 11.6 Å². The molecule has 1 aliphatic rings. The largest absolute Gasteiger partial charge is 0.436 e. The van der Waals surface area contributed by atoms with Crippen LogP contribution in [0.2, 0.25) is 0 Å². The number of rotatable bonds is 5. The van der Waals surface area contributed by atoms with Crippen molar-refractivity contribution in [1.29, 1.82) is 0 Å². The molecule has 1 saturated heterocycles. The van der Waals surface area contributed by atoms with Crippen LogP contribution in [0.5, 0.6) is 11.6 Å². The first-order chi connectivity index (χ1) is 14.1. The number of amides is 1. The van der Waals surface area contributed by atoms with E-state index in [4.69, 9.17) is 4.74 Å². The number of ether oxygens (including phenoxy) is 1. The Labute approximate surface area is 165 Å². The van der Waals surface area contributed by atoms with E-state index in [0.717, 1.165) is 38.1 Å². The van der Waals surface area contributed by atoms with Gasteiger partial charge in [0.1, 0.15) is 5.82 Å². The minimum absolute atomic E-state index is 0.117. The van der Waals surface area contributed by atoms with Gasteiger partial charge in [0.05, 0.1) is 29.7 Å². The number of benzene rings is 1. The smallest absolute Gasteiger partial charge is 0.258 e. The van der Waals surface area contributed by atoms with Gasteiger partial charge in [-0.15, -0.1) is 0 Å². The molecule has 0 saturated carbocycles. The van der Waals surface area contributed by atoms with E-state index in [1.807, 2.05) is 4.68 Å². The second kappa shape index (κ2) is 8.36. The van der Waals surface area contributed by atoms with E-state index in [1.165, 1.54) is 24.5 Å². The second-order valence-electron chi connectivity index (χ2n) is 6.73. The first kappa shape index (κ1) is 19.0. The summed E-state index contributed by atoms with van der Waals surface area (Å²) in [5, 5.41) is 10.3. The highest BCUT2D eigenvalue weighted by atomic mass is 19.1. The van der Waals surface area contributed by atoms with Crippen LogP contribution < -0.4 is 15.4 Å². The monoisotopic (exact) mass is 399 g/mol. The molecule has 1 aromatic carbocycles. The maximum absolute atomic E-state index is 13.6. The fourth-order valence-electron chi connectivity index (χ4n) is 3.10. The van der Waals surface area contributed by atoms with Gasteiger partial charge in [0.25, 0.3) is 5.91 Å². The molecule has 1 amide bonds. The topological polar surface area (TPSA) is 81.1 Å². The Bertz CT molecular complexity index is 1000. The maximum atomic E-state index is 13.6. The van der Waals surface area contributed by atoms with Crippen LogP contribution in [-0.2, 0) is 0 Å². The third kappa shape index (κ3) is 4.57. The third-order valence-corrected chi connectivity index (χ3v) is 4.61. The number of carbonyl (C=O) groups excluding carboxylic acids is 1. The Morgan fingerprint density at radius 1 is 1.24 bits per heavy atom. The number of aromatic nitrogens is 3. The molecule has 0 spiro atoms. The fraction of sp³-hybridized carbons (Fsp3) is 0.250. The minimum atomic E-state index is -0.825. The summed E-state index contributed by atoms with van der Waals surface area (Å²) in [7, 11) is 0. The van der Waals surface area contributed by atoms with E-state index in [9.17, 15) is 13.6 Å². The lowest BCUT2D eigenvalue weighted by Crippen LogP contribution is -2.31. The number of nitrogens with zero attached hydrogens (tertiary/aromatic N) is 3. The normalized spacial score (nSPS) is 16.4. The summed E-state index contributed by atoms with van der Waals surface area (Å²) >= 11 is 0. The summed E-state index contributed by atoms with van der Waals surface area (Å²) in [4.78, 5) is 16.5. The van der Waals surface area contributed by atoms with Gasteiger partial charge in [-0.1, -0.05) is 0 Å². The summed E-state index contributed by atoms with van der Waals surface area (Å²) in [5.41, 5.74) is 0.901. The molecule has 0 bridgehead atoms. The van der Waals surface area contributed by atoms with Crippen molar-refractivity contribution in [2.24, 2.45) is 0 Å². The van der Waals surface area contributed by atoms with Crippen LogP contribution in [0.15, 0.2) is 48.9 Å². The predicted octanol–water partition coefficient (Wildman–Crippen LogP) is 3.53. The van der Waals surface area contributed by atoms with Crippen LogP contribution >= 0.6 is 0 Å². The molecule has 1 atom stereocenters. The summed E-state index contributed by atoms with van der Waals surface area (Å²) in [6.45, 7) is 1.84. The number of piperidine rings is 1. The number of halogens is 2. The average molecular weight is 399 g/mol. The molecule has 9 heteroatoms. The van der Waals surface area contributed by atoms with Crippen molar-refractivity contribution in [1.82, 2.24) is 20.1 Å². The molecule has 29 heavy (non-hydrogen) atoms. The van der Waals surface area contributed by atoms with Crippen molar-refractivity contribution >= 4 is 11.6 Å². The lowest BCUT2D eigenvalue weighted by molar-refractivity contribution is 0.102. The van der Waals surface area contributed by atoms with Crippen molar-refractivity contribution in [2.75, 3.05) is 18.4 Å². The number of hydrogen-bond acceptors (Lipinski definition) is 5. The van der Waals surface area contributed by atoms with E-state index >= 15 is 0 Å². The van der Waals surface area contributed by atoms with Crippen molar-refractivity contribution in [3.8, 4) is 11.6 Å². The van der Waals surface area contributed by atoms with Crippen molar-refractivity contribution in [2.45, 2.75) is 18.9 Å². The lowest BCUT2D eigenvalue weighted by Gasteiger charge is -2.22. The fourth-order valence-corrected chi connectivity index (χ4v) is 3.10.